The second-order valence-electron chi connectivity index (χ2n) is 8.02. The number of hydrogen-bond donors (Lipinski definition) is 1. The number of carbonyl (C=O) groups is 1. The summed E-state index contributed by atoms with van der Waals surface area (Å²) in [5.41, 5.74) is 3.35. The number of quaternary nitrogens is 1. The lowest BCUT2D eigenvalue weighted by atomic mass is 9.99. The van der Waals surface area contributed by atoms with E-state index in [9.17, 15) is 4.79 Å². The molecule has 28 heavy (non-hydrogen) atoms. The van der Waals surface area contributed by atoms with Crippen LogP contribution in [0.1, 0.15) is 34.3 Å². The molecule has 1 atom stereocenters. The molecule has 4 nitrogen and oxygen atoms in total. The molecule has 2 aromatic carbocycles. The number of nitrogens with one attached hydrogen (secondary N) is 1. The number of amides is 1. The van der Waals surface area contributed by atoms with Crippen LogP contribution in [0.4, 0.5) is 0 Å². The van der Waals surface area contributed by atoms with Crippen molar-refractivity contribution < 1.29 is 14.4 Å². The highest BCUT2D eigenvalue weighted by molar-refractivity contribution is 5.95. The number of rotatable bonds is 6. The third-order valence-corrected chi connectivity index (χ3v) is 6.07. The van der Waals surface area contributed by atoms with Gasteiger partial charge >= 0.3 is 0 Å². The first-order valence-electron chi connectivity index (χ1n) is 10.7. The molecule has 1 amide bonds. The lowest BCUT2D eigenvalue weighted by molar-refractivity contribution is -0.906. The number of benzene rings is 2. The minimum absolute atomic E-state index is 0.194. The zero-order chi connectivity index (χ0) is 19.2. The predicted molar refractivity (Wildman–Crippen MR) is 111 cm³/mol. The summed E-state index contributed by atoms with van der Waals surface area (Å²) in [6, 6.07) is 18.6. The fraction of sp³-hybridized carbons (Fsp3) is 0.458. The van der Waals surface area contributed by atoms with E-state index in [-0.39, 0.29) is 5.91 Å². The lowest BCUT2D eigenvalue weighted by Crippen LogP contribution is -3.15. The van der Waals surface area contributed by atoms with E-state index in [1.165, 1.54) is 18.4 Å². The minimum atomic E-state index is 0.194. The van der Waals surface area contributed by atoms with Crippen molar-refractivity contribution in [1.29, 1.82) is 0 Å². The van der Waals surface area contributed by atoms with E-state index in [4.69, 9.17) is 4.74 Å². The Morgan fingerprint density at radius 3 is 2.50 bits per heavy atom. The van der Waals surface area contributed by atoms with Gasteiger partial charge in [-0.25, -0.2) is 0 Å². The molecule has 4 heteroatoms. The summed E-state index contributed by atoms with van der Waals surface area (Å²) in [6.07, 6.45) is 4.68. The molecule has 1 N–H and O–H groups in total. The molecule has 0 unspecified atom stereocenters. The fourth-order valence-corrected chi connectivity index (χ4v) is 4.40. The van der Waals surface area contributed by atoms with Crippen LogP contribution < -0.4 is 4.90 Å². The predicted octanol–water partition coefficient (Wildman–Crippen LogP) is 1.99. The molecule has 0 bridgehead atoms. The first-order chi connectivity index (χ1) is 13.8. The number of piperazine rings is 1. The van der Waals surface area contributed by atoms with Gasteiger partial charge in [0.25, 0.3) is 5.91 Å². The molecule has 0 saturated carbocycles. The first-order valence-corrected chi connectivity index (χ1v) is 10.7. The van der Waals surface area contributed by atoms with Crippen molar-refractivity contribution in [1.82, 2.24) is 4.90 Å². The van der Waals surface area contributed by atoms with Crippen LogP contribution in [0.15, 0.2) is 54.6 Å². The Balaban J connectivity index is 1.34. The molecule has 148 valence electrons. The number of hydrogen-bond acceptors (Lipinski definition) is 2. The maximum Gasteiger partial charge on any atom is 0.254 e. The normalized spacial score (nSPS) is 20.4. The Kier molecular flexibility index (Phi) is 6.40. The van der Waals surface area contributed by atoms with Gasteiger partial charge in [-0.05, 0) is 42.9 Å². The van der Waals surface area contributed by atoms with Gasteiger partial charge in [-0.2, -0.15) is 0 Å². The zero-order valence-electron chi connectivity index (χ0n) is 16.6. The largest absolute Gasteiger partial charge is 0.372 e. The van der Waals surface area contributed by atoms with Crippen LogP contribution in [-0.2, 0) is 17.6 Å². The van der Waals surface area contributed by atoms with Crippen molar-refractivity contribution >= 4 is 5.91 Å². The van der Waals surface area contributed by atoms with Crippen LogP contribution in [-0.4, -0.2) is 56.2 Å². The van der Waals surface area contributed by atoms with Crippen LogP contribution in [0, 0.1) is 0 Å². The average Bonchev–Trinajstić information content (AvgIpc) is 3.26. The Bertz CT molecular complexity index is 763. The van der Waals surface area contributed by atoms with Crippen LogP contribution in [0.5, 0.6) is 0 Å². The highest BCUT2D eigenvalue weighted by atomic mass is 16.5. The third-order valence-electron chi connectivity index (χ3n) is 6.07. The summed E-state index contributed by atoms with van der Waals surface area (Å²) in [6.45, 7) is 5.75. The summed E-state index contributed by atoms with van der Waals surface area (Å²) >= 11 is 0. The van der Waals surface area contributed by atoms with E-state index in [1.807, 2.05) is 29.2 Å². The van der Waals surface area contributed by atoms with Gasteiger partial charge in [0.15, 0.2) is 0 Å². The van der Waals surface area contributed by atoms with E-state index in [2.05, 4.69) is 30.3 Å². The van der Waals surface area contributed by atoms with E-state index in [0.29, 0.717) is 6.10 Å². The van der Waals surface area contributed by atoms with Gasteiger partial charge in [-0.1, -0.05) is 48.5 Å². The van der Waals surface area contributed by atoms with Gasteiger partial charge in [0, 0.05) is 12.2 Å². The van der Waals surface area contributed by atoms with Crippen molar-refractivity contribution in [3.8, 4) is 0 Å². The van der Waals surface area contributed by atoms with Gasteiger partial charge in [0.1, 0.15) is 12.6 Å². The maximum atomic E-state index is 13.2. The average molecular weight is 380 g/mol. The fourth-order valence-electron chi connectivity index (χ4n) is 4.40. The van der Waals surface area contributed by atoms with E-state index in [1.54, 1.807) is 4.90 Å². The number of nitrogens with zero attached hydrogens (tertiary/aromatic N) is 1. The summed E-state index contributed by atoms with van der Waals surface area (Å²) in [5.74, 6) is 0.194. The van der Waals surface area contributed by atoms with Crippen LogP contribution in [0.2, 0.25) is 0 Å². The molecule has 2 heterocycles. The van der Waals surface area contributed by atoms with Crippen molar-refractivity contribution in [2.75, 3.05) is 39.3 Å². The van der Waals surface area contributed by atoms with Crippen LogP contribution >= 0.6 is 0 Å². The smallest absolute Gasteiger partial charge is 0.254 e. The quantitative estimate of drug-likeness (QED) is 0.833. The number of ether oxygens (including phenoxy) is 1. The molecule has 0 radical (unpaired) electrons. The van der Waals surface area contributed by atoms with Gasteiger partial charge in [0.05, 0.1) is 26.2 Å². The van der Waals surface area contributed by atoms with Gasteiger partial charge in [0.2, 0.25) is 0 Å². The summed E-state index contributed by atoms with van der Waals surface area (Å²) in [7, 11) is 0. The van der Waals surface area contributed by atoms with E-state index < -0.39 is 0 Å². The van der Waals surface area contributed by atoms with Gasteiger partial charge in [-0.3, -0.25) is 4.79 Å². The highest BCUT2D eigenvalue weighted by Crippen LogP contribution is 2.15. The molecule has 4 rings (SSSR count). The Labute approximate surface area is 168 Å². The van der Waals surface area contributed by atoms with Crippen LogP contribution in [0.25, 0.3) is 0 Å². The topological polar surface area (TPSA) is 34.0 Å². The van der Waals surface area contributed by atoms with Crippen molar-refractivity contribution in [3.63, 3.8) is 0 Å². The Morgan fingerprint density at radius 1 is 1.00 bits per heavy atom. The molecule has 2 aliphatic rings. The summed E-state index contributed by atoms with van der Waals surface area (Å²) in [4.78, 5) is 16.8. The molecule has 0 aromatic heterocycles. The monoisotopic (exact) mass is 379 g/mol. The summed E-state index contributed by atoms with van der Waals surface area (Å²) in [5, 5.41) is 0. The standard InChI is InChI=1S/C24H30N2O2/c27-24(26-16-14-25(15-17-26)19-22-10-6-18-28-22)23-11-5-4-9-21(23)13-12-20-7-2-1-3-8-20/h1-5,7-9,11,22H,6,10,12-19H2/p+1/t22-/m1/s1. The molecule has 2 aliphatic heterocycles. The molecular formula is C24H31N2O2+. The zero-order valence-corrected chi connectivity index (χ0v) is 16.6. The Morgan fingerprint density at radius 2 is 1.75 bits per heavy atom. The lowest BCUT2D eigenvalue weighted by Gasteiger charge is -2.33. The minimum Gasteiger partial charge on any atom is -0.372 e. The summed E-state index contributed by atoms with van der Waals surface area (Å²) < 4.78 is 5.78. The van der Waals surface area contributed by atoms with Crippen molar-refractivity contribution in [3.05, 3.63) is 71.3 Å². The number of carbonyl (C=O) groups excluding carboxylic acids is 1. The SMILES string of the molecule is O=C(c1ccccc1CCc1ccccc1)N1CC[NH+](C[C@H]2CCCO2)CC1. The molecule has 2 saturated heterocycles. The van der Waals surface area contributed by atoms with Crippen molar-refractivity contribution in [2.45, 2.75) is 31.8 Å². The molecule has 2 fully saturated rings. The maximum absolute atomic E-state index is 13.2. The van der Waals surface area contributed by atoms with Gasteiger partial charge < -0.3 is 14.5 Å². The molecular weight excluding hydrogens is 348 g/mol. The van der Waals surface area contributed by atoms with Crippen LogP contribution in [0.3, 0.4) is 0 Å². The van der Waals surface area contributed by atoms with E-state index >= 15 is 0 Å². The van der Waals surface area contributed by atoms with Crippen molar-refractivity contribution in [2.24, 2.45) is 0 Å². The molecule has 0 spiro atoms. The molecule has 2 aromatic rings. The molecule has 0 aliphatic carbocycles. The Hall–Kier alpha value is -2.17. The third kappa shape index (κ3) is 4.81. The highest BCUT2D eigenvalue weighted by Gasteiger charge is 2.28. The first kappa shape index (κ1) is 19.2. The second kappa shape index (κ2) is 9.35. The number of aryl methyl sites for hydroxylation is 2. The van der Waals surface area contributed by atoms with E-state index in [0.717, 1.165) is 63.3 Å². The van der Waals surface area contributed by atoms with Gasteiger partial charge in [-0.15, -0.1) is 0 Å². The second-order valence-corrected chi connectivity index (χ2v) is 8.02.